The van der Waals surface area contributed by atoms with Crippen LogP contribution in [-0.2, 0) is 11.4 Å². The fraction of sp³-hybridized carbons (Fsp3) is 0.136. The first kappa shape index (κ1) is 22.6. The Hall–Kier alpha value is -3.63. The normalized spacial score (nSPS) is 16.5. The summed E-state index contributed by atoms with van der Waals surface area (Å²) >= 11 is 7.77. The molecule has 1 amide bonds. The van der Waals surface area contributed by atoms with Gasteiger partial charge in [0, 0.05) is 23.2 Å². The molecule has 2 aromatic rings. The molecule has 2 aliphatic rings. The number of rotatable bonds is 6. The van der Waals surface area contributed by atoms with Gasteiger partial charge in [0.15, 0.2) is 16.7 Å². The Balaban J connectivity index is 1.58. The van der Waals surface area contributed by atoms with Crippen LogP contribution < -0.4 is 9.47 Å². The van der Waals surface area contributed by atoms with E-state index in [1.807, 2.05) is 6.92 Å². The number of allylic oxidation sites excluding steroid dienone is 1. The Morgan fingerprint density at radius 1 is 1.30 bits per heavy atom. The number of ether oxygens (including phenoxy) is 2. The molecule has 0 atom stereocenters. The summed E-state index contributed by atoms with van der Waals surface area (Å²) in [6.45, 7) is 2.00. The third-order valence-corrected chi connectivity index (χ3v) is 5.96. The number of carbonyl (C=O) groups is 1. The largest absolute Gasteiger partial charge is 0.493 e. The summed E-state index contributed by atoms with van der Waals surface area (Å²) in [7, 11) is 1.46. The number of amidine groups is 2. The first-order chi connectivity index (χ1) is 15.8. The van der Waals surface area contributed by atoms with Crippen molar-refractivity contribution < 1.29 is 19.2 Å². The number of nitro groups is 1. The third-order valence-electron chi connectivity index (χ3n) is 4.79. The smallest absolute Gasteiger partial charge is 0.283 e. The summed E-state index contributed by atoms with van der Waals surface area (Å²) in [5, 5.41) is 19.9. The fourth-order valence-corrected chi connectivity index (χ4v) is 4.29. The number of hydrogen-bond acceptors (Lipinski definition) is 7. The summed E-state index contributed by atoms with van der Waals surface area (Å²) in [4.78, 5) is 29.4. The number of methoxy groups -OCH3 is 1. The van der Waals surface area contributed by atoms with Crippen LogP contribution >= 0.6 is 23.4 Å². The molecule has 0 saturated heterocycles. The fourth-order valence-electron chi connectivity index (χ4n) is 3.20. The molecule has 33 heavy (non-hydrogen) atoms. The van der Waals surface area contributed by atoms with E-state index in [0.29, 0.717) is 27.8 Å². The number of halogens is 1. The van der Waals surface area contributed by atoms with Crippen molar-refractivity contribution in [3.8, 4) is 11.5 Å². The Morgan fingerprint density at radius 2 is 2.03 bits per heavy atom. The van der Waals surface area contributed by atoms with E-state index in [9.17, 15) is 14.9 Å². The maximum absolute atomic E-state index is 12.5. The molecule has 0 unspecified atom stereocenters. The van der Waals surface area contributed by atoms with Gasteiger partial charge in [-0.05, 0) is 48.4 Å². The SMILES string of the molecule is COc1cc(/C=C2/C(=N)N3C=C(C)SC3=NC2=O)cc(Cl)c1OCc1ccc([N+](=O)[O-])cc1. The average Bonchev–Trinajstić information content (AvgIpc) is 3.16. The van der Waals surface area contributed by atoms with Crippen LogP contribution in [0.2, 0.25) is 5.02 Å². The molecule has 0 fully saturated rings. The summed E-state index contributed by atoms with van der Waals surface area (Å²) in [5.74, 6) is 0.153. The number of benzene rings is 2. The van der Waals surface area contributed by atoms with E-state index in [1.54, 1.807) is 35.4 Å². The number of aliphatic imine (C=N–C) groups is 1. The molecule has 0 radical (unpaired) electrons. The van der Waals surface area contributed by atoms with Crippen LogP contribution in [0.25, 0.3) is 6.08 Å². The van der Waals surface area contributed by atoms with Crippen molar-refractivity contribution in [3.63, 3.8) is 0 Å². The minimum absolute atomic E-state index is 0.00999. The van der Waals surface area contributed by atoms with E-state index < -0.39 is 10.8 Å². The Labute approximate surface area is 198 Å². The maximum atomic E-state index is 12.5. The van der Waals surface area contributed by atoms with E-state index in [1.165, 1.54) is 37.1 Å². The highest BCUT2D eigenvalue weighted by Crippen LogP contribution is 2.38. The van der Waals surface area contributed by atoms with Crippen molar-refractivity contribution >= 4 is 52.0 Å². The minimum atomic E-state index is -0.504. The number of nitrogens with one attached hydrogen (secondary N) is 1. The van der Waals surface area contributed by atoms with E-state index in [0.717, 1.165) is 4.91 Å². The number of thioether (sulfide) groups is 1. The predicted molar refractivity (Wildman–Crippen MR) is 127 cm³/mol. The number of carbonyl (C=O) groups excluding carboxylic acids is 1. The summed E-state index contributed by atoms with van der Waals surface area (Å²) in [5.41, 5.74) is 1.37. The number of non-ortho nitro benzene ring substituents is 1. The van der Waals surface area contributed by atoms with E-state index in [4.69, 9.17) is 26.5 Å². The van der Waals surface area contributed by atoms with Gasteiger partial charge in [0.1, 0.15) is 12.4 Å². The summed E-state index contributed by atoms with van der Waals surface area (Å²) in [6.07, 6.45) is 3.29. The van der Waals surface area contributed by atoms with E-state index in [2.05, 4.69) is 4.99 Å². The molecule has 2 heterocycles. The van der Waals surface area contributed by atoms with Crippen LogP contribution in [0.4, 0.5) is 5.69 Å². The number of fused-ring (bicyclic) bond motifs is 1. The van der Waals surface area contributed by atoms with Crippen LogP contribution in [0.1, 0.15) is 18.1 Å². The van der Waals surface area contributed by atoms with E-state index >= 15 is 0 Å². The first-order valence-electron chi connectivity index (χ1n) is 9.59. The number of nitrogens with zero attached hydrogens (tertiary/aromatic N) is 3. The van der Waals surface area contributed by atoms with Gasteiger partial charge >= 0.3 is 0 Å². The van der Waals surface area contributed by atoms with Crippen molar-refractivity contribution in [1.29, 1.82) is 5.41 Å². The van der Waals surface area contributed by atoms with Gasteiger partial charge in [-0.2, -0.15) is 4.99 Å². The molecular formula is C22H17ClN4O5S. The Kier molecular flexibility index (Phi) is 6.21. The molecule has 9 nitrogen and oxygen atoms in total. The van der Waals surface area contributed by atoms with Gasteiger partial charge in [0.2, 0.25) is 0 Å². The zero-order chi connectivity index (χ0) is 23.7. The van der Waals surface area contributed by atoms with Gasteiger partial charge in [-0.25, -0.2) is 0 Å². The predicted octanol–water partition coefficient (Wildman–Crippen LogP) is 5.00. The second kappa shape index (κ2) is 9.08. The molecule has 0 aromatic heterocycles. The zero-order valence-corrected chi connectivity index (χ0v) is 19.1. The second-order valence-electron chi connectivity index (χ2n) is 7.06. The van der Waals surface area contributed by atoms with Gasteiger partial charge in [0.05, 0.1) is 22.6 Å². The van der Waals surface area contributed by atoms with Crippen molar-refractivity contribution in [2.75, 3.05) is 7.11 Å². The quantitative estimate of drug-likeness (QED) is 0.348. The average molecular weight is 485 g/mol. The lowest BCUT2D eigenvalue weighted by Crippen LogP contribution is -2.35. The maximum Gasteiger partial charge on any atom is 0.283 e. The zero-order valence-electron chi connectivity index (χ0n) is 17.5. The lowest BCUT2D eigenvalue weighted by atomic mass is 10.1. The van der Waals surface area contributed by atoms with Gasteiger partial charge in [-0.1, -0.05) is 23.4 Å². The van der Waals surface area contributed by atoms with Crippen LogP contribution in [0.15, 0.2) is 58.1 Å². The third kappa shape index (κ3) is 4.62. The molecule has 0 aliphatic carbocycles. The van der Waals surface area contributed by atoms with Crippen molar-refractivity contribution in [3.05, 3.63) is 79.3 Å². The molecule has 0 saturated carbocycles. The van der Waals surface area contributed by atoms with Crippen molar-refractivity contribution in [2.24, 2.45) is 4.99 Å². The molecule has 11 heteroatoms. The monoisotopic (exact) mass is 484 g/mol. The molecule has 168 valence electrons. The van der Waals surface area contributed by atoms with Crippen LogP contribution in [-0.4, -0.2) is 33.8 Å². The lowest BCUT2D eigenvalue weighted by molar-refractivity contribution is -0.384. The highest BCUT2D eigenvalue weighted by molar-refractivity contribution is 8.17. The molecule has 2 aromatic carbocycles. The summed E-state index contributed by atoms with van der Waals surface area (Å²) < 4.78 is 11.2. The highest BCUT2D eigenvalue weighted by atomic mass is 35.5. The molecule has 0 bridgehead atoms. The molecule has 1 N–H and O–H groups in total. The molecule has 0 spiro atoms. The van der Waals surface area contributed by atoms with Gasteiger partial charge < -0.3 is 9.47 Å². The van der Waals surface area contributed by atoms with Gasteiger partial charge in [0.25, 0.3) is 11.6 Å². The topological polar surface area (TPSA) is 118 Å². The number of hydrogen-bond donors (Lipinski definition) is 1. The molecular weight excluding hydrogens is 468 g/mol. The first-order valence-corrected chi connectivity index (χ1v) is 10.8. The van der Waals surface area contributed by atoms with Gasteiger partial charge in [-0.15, -0.1) is 0 Å². The second-order valence-corrected chi connectivity index (χ2v) is 8.68. The van der Waals surface area contributed by atoms with E-state index in [-0.39, 0.29) is 28.7 Å². The number of nitro benzene ring substituents is 1. The molecule has 2 aliphatic heterocycles. The van der Waals surface area contributed by atoms with Crippen LogP contribution in [0, 0.1) is 15.5 Å². The Bertz CT molecular complexity index is 1270. The standard InChI is InChI=1S/C22H17ClN4O5S/c1-12-10-26-20(24)16(21(28)25-22(26)33-12)7-14-8-17(23)19(18(9-14)31-2)32-11-13-3-5-15(6-4-13)27(29)30/h3-10,24H,11H2,1-2H3/b16-7-,24-20?. The van der Waals surface area contributed by atoms with Crippen molar-refractivity contribution in [2.45, 2.75) is 13.5 Å². The highest BCUT2D eigenvalue weighted by Gasteiger charge is 2.33. The minimum Gasteiger partial charge on any atom is -0.493 e. The lowest BCUT2D eigenvalue weighted by Gasteiger charge is -2.22. The number of amides is 1. The molecule has 4 rings (SSSR count). The van der Waals surface area contributed by atoms with Gasteiger partial charge in [-0.3, -0.25) is 25.2 Å². The Morgan fingerprint density at radius 3 is 2.70 bits per heavy atom. The summed E-state index contributed by atoms with van der Waals surface area (Å²) in [6, 6.07) is 9.22. The van der Waals surface area contributed by atoms with Crippen LogP contribution in [0.5, 0.6) is 11.5 Å². The van der Waals surface area contributed by atoms with Crippen LogP contribution in [0.3, 0.4) is 0 Å². The van der Waals surface area contributed by atoms with Crippen molar-refractivity contribution in [1.82, 2.24) is 4.90 Å².